The van der Waals surface area contributed by atoms with Gasteiger partial charge in [-0.25, -0.2) is 4.99 Å². The SMILES string of the molecule is C1=CCC2C(=C1)C=C(C1=CC(N(C3=C(c4ccccc4)C4=C(C=CC4)CC3)c3ccc(-c4ccccc4)cc3)C=C1)C1OC(c3ccc(-c4ccccc4)cc3)=NC21. The molecule has 11 rings (SSSR count). The lowest BCUT2D eigenvalue weighted by Crippen LogP contribution is -2.37. The fraction of sp³-hybridized carbons (Fsp3) is 0.145. The Hall–Kier alpha value is -6.71. The molecule has 5 aromatic carbocycles. The molecule has 0 N–H and O–H groups in total. The Balaban J connectivity index is 0.978. The molecule has 0 bridgehead atoms. The van der Waals surface area contributed by atoms with Crippen LogP contribution in [0.1, 0.15) is 36.8 Å². The number of allylic oxidation sites excluding steroid dienone is 11. The average Bonchev–Trinajstić information content (AvgIpc) is 4.09. The van der Waals surface area contributed by atoms with E-state index in [4.69, 9.17) is 9.73 Å². The summed E-state index contributed by atoms with van der Waals surface area (Å²) in [5, 5.41) is 0. The van der Waals surface area contributed by atoms with E-state index in [1.807, 2.05) is 0 Å². The summed E-state index contributed by atoms with van der Waals surface area (Å²) in [7, 11) is 0. The molecule has 4 atom stereocenters. The summed E-state index contributed by atoms with van der Waals surface area (Å²) in [5.74, 6) is 1.04. The summed E-state index contributed by atoms with van der Waals surface area (Å²) in [6.07, 6.45) is 24.9. The standard InChI is InChI=1S/C55H44N2O/c1-4-13-37(14-5-1)39-23-25-43(26-24-39)55-56-53-49-21-11-10-19-44(49)36-50(54(53)58-55)45-29-33-47(35-45)57(46-31-27-40(28-32-46)38-15-6-2-7-16-38)51-34-30-41-20-12-22-48(41)52(51)42-17-8-3-9-18-42/h1-20,23-29,31-33,35-36,47,49,53-54H,21-22,30,34H2. The van der Waals surface area contributed by atoms with Gasteiger partial charge in [0.05, 0.1) is 6.04 Å². The second kappa shape index (κ2) is 14.7. The molecule has 4 unspecified atom stereocenters. The third-order valence-electron chi connectivity index (χ3n) is 12.6. The number of rotatable bonds is 8. The molecule has 3 nitrogen and oxygen atoms in total. The summed E-state index contributed by atoms with van der Waals surface area (Å²) < 4.78 is 6.96. The number of nitrogens with zero attached hydrogens (tertiary/aromatic N) is 2. The quantitative estimate of drug-likeness (QED) is 0.158. The lowest BCUT2D eigenvalue weighted by molar-refractivity contribution is 0.204. The van der Waals surface area contributed by atoms with Crippen molar-refractivity contribution in [2.75, 3.05) is 4.90 Å². The van der Waals surface area contributed by atoms with Crippen molar-refractivity contribution in [3.05, 3.63) is 239 Å². The first-order chi connectivity index (χ1) is 28.7. The van der Waals surface area contributed by atoms with Crippen molar-refractivity contribution in [3.63, 3.8) is 0 Å². The molecule has 1 heterocycles. The Morgan fingerprint density at radius 1 is 0.621 bits per heavy atom. The maximum Gasteiger partial charge on any atom is 0.217 e. The average molecular weight is 749 g/mol. The Bertz CT molecular complexity index is 2670. The summed E-state index contributed by atoms with van der Waals surface area (Å²) >= 11 is 0. The molecule has 1 aliphatic heterocycles. The van der Waals surface area contributed by atoms with Crippen LogP contribution in [0.15, 0.2) is 233 Å². The number of hydrogen-bond acceptors (Lipinski definition) is 3. The Kier molecular flexibility index (Phi) is 8.73. The van der Waals surface area contributed by atoms with Crippen LogP contribution in [0.25, 0.3) is 27.8 Å². The van der Waals surface area contributed by atoms with E-state index in [1.54, 1.807) is 0 Å². The van der Waals surface area contributed by atoms with Gasteiger partial charge in [0, 0.05) is 34.0 Å². The zero-order chi connectivity index (χ0) is 38.4. The second-order valence-electron chi connectivity index (χ2n) is 16.0. The summed E-state index contributed by atoms with van der Waals surface area (Å²) in [6.45, 7) is 0. The highest BCUT2D eigenvalue weighted by Gasteiger charge is 2.45. The molecule has 6 aliphatic rings. The van der Waals surface area contributed by atoms with Crippen LogP contribution in [0.5, 0.6) is 0 Å². The van der Waals surface area contributed by atoms with Crippen LogP contribution in [-0.2, 0) is 4.74 Å². The first kappa shape index (κ1) is 34.5. The lowest BCUT2D eigenvalue weighted by Gasteiger charge is -2.37. The van der Waals surface area contributed by atoms with E-state index in [9.17, 15) is 0 Å². The highest BCUT2D eigenvalue weighted by atomic mass is 16.5. The Morgan fingerprint density at radius 2 is 1.26 bits per heavy atom. The molecule has 0 amide bonds. The van der Waals surface area contributed by atoms with Gasteiger partial charge < -0.3 is 9.64 Å². The van der Waals surface area contributed by atoms with Gasteiger partial charge in [-0.15, -0.1) is 0 Å². The van der Waals surface area contributed by atoms with Gasteiger partial charge in [-0.2, -0.15) is 0 Å². The van der Waals surface area contributed by atoms with Gasteiger partial charge in [0.25, 0.3) is 0 Å². The van der Waals surface area contributed by atoms with Crippen molar-refractivity contribution < 1.29 is 4.74 Å². The molecule has 280 valence electrons. The van der Waals surface area contributed by atoms with Gasteiger partial charge in [0.2, 0.25) is 5.90 Å². The monoisotopic (exact) mass is 748 g/mol. The van der Waals surface area contributed by atoms with Gasteiger partial charge in [-0.1, -0.05) is 170 Å². The van der Waals surface area contributed by atoms with E-state index in [-0.39, 0.29) is 18.2 Å². The van der Waals surface area contributed by atoms with Gasteiger partial charge >= 0.3 is 0 Å². The van der Waals surface area contributed by atoms with E-state index in [2.05, 4.69) is 199 Å². The number of fused-ring (bicyclic) bond motifs is 3. The summed E-state index contributed by atoms with van der Waals surface area (Å²) in [4.78, 5) is 7.98. The minimum absolute atomic E-state index is 0.0148. The zero-order valence-electron chi connectivity index (χ0n) is 32.4. The van der Waals surface area contributed by atoms with Crippen LogP contribution in [0.3, 0.4) is 0 Å². The molecule has 3 heteroatoms. The topological polar surface area (TPSA) is 24.8 Å². The molecule has 58 heavy (non-hydrogen) atoms. The lowest BCUT2D eigenvalue weighted by atomic mass is 9.74. The fourth-order valence-corrected chi connectivity index (χ4v) is 9.81. The Morgan fingerprint density at radius 3 is 1.97 bits per heavy atom. The molecule has 5 aromatic rings. The van der Waals surface area contributed by atoms with Crippen molar-refractivity contribution in [3.8, 4) is 22.3 Å². The largest absolute Gasteiger partial charge is 0.467 e. The molecule has 0 aromatic heterocycles. The zero-order valence-corrected chi connectivity index (χ0v) is 32.4. The van der Waals surface area contributed by atoms with Crippen LogP contribution < -0.4 is 4.90 Å². The maximum atomic E-state index is 6.96. The molecular weight excluding hydrogens is 705 g/mol. The molecule has 0 saturated heterocycles. The predicted molar refractivity (Wildman–Crippen MR) is 239 cm³/mol. The van der Waals surface area contributed by atoms with Gasteiger partial charge in [0.15, 0.2) is 0 Å². The van der Waals surface area contributed by atoms with Crippen molar-refractivity contribution in [2.24, 2.45) is 10.9 Å². The van der Waals surface area contributed by atoms with E-state index in [0.717, 1.165) is 37.1 Å². The van der Waals surface area contributed by atoms with Crippen molar-refractivity contribution >= 4 is 17.2 Å². The van der Waals surface area contributed by atoms with Crippen LogP contribution in [-0.4, -0.2) is 24.1 Å². The number of aliphatic imine (C=N–C) groups is 1. The molecule has 0 spiro atoms. The van der Waals surface area contributed by atoms with Crippen LogP contribution in [0, 0.1) is 5.92 Å². The van der Waals surface area contributed by atoms with E-state index in [1.165, 1.54) is 72.6 Å². The van der Waals surface area contributed by atoms with Gasteiger partial charge in [0.1, 0.15) is 12.1 Å². The van der Waals surface area contributed by atoms with Crippen molar-refractivity contribution in [1.29, 1.82) is 0 Å². The highest BCUT2D eigenvalue weighted by molar-refractivity contribution is 5.96. The first-order valence-corrected chi connectivity index (χ1v) is 20.8. The molecule has 0 saturated carbocycles. The smallest absolute Gasteiger partial charge is 0.217 e. The minimum atomic E-state index is -0.156. The minimum Gasteiger partial charge on any atom is -0.467 e. The van der Waals surface area contributed by atoms with Crippen LogP contribution in [0.4, 0.5) is 5.69 Å². The van der Waals surface area contributed by atoms with E-state index < -0.39 is 0 Å². The van der Waals surface area contributed by atoms with Gasteiger partial charge in [-0.05, 0) is 100 Å². The maximum absolute atomic E-state index is 6.96. The number of benzene rings is 5. The van der Waals surface area contributed by atoms with E-state index in [0.29, 0.717) is 5.92 Å². The second-order valence-corrected chi connectivity index (χ2v) is 16.0. The number of ether oxygens (including phenoxy) is 1. The highest BCUT2D eigenvalue weighted by Crippen LogP contribution is 2.47. The van der Waals surface area contributed by atoms with Gasteiger partial charge in [-0.3, -0.25) is 0 Å². The van der Waals surface area contributed by atoms with E-state index >= 15 is 0 Å². The molecule has 0 radical (unpaired) electrons. The molecule has 5 aliphatic carbocycles. The van der Waals surface area contributed by atoms with Crippen molar-refractivity contribution in [1.82, 2.24) is 0 Å². The Labute approximate surface area is 341 Å². The normalized spacial score (nSPS) is 22.8. The third kappa shape index (κ3) is 6.19. The molecular formula is C55H44N2O. The predicted octanol–water partition coefficient (Wildman–Crippen LogP) is 12.8. The van der Waals surface area contributed by atoms with Crippen molar-refractivity contribution in [2.45, 2.75) is 43.9 Å². The number of anilines is 1. The van der Waals surface area contributed by atoms with Crippen LogP contribution >= 0.6 is 0 Å². The summed E-state index contributed by atoms with van der Waals surface area (Å²) in [5.41, 5.74) is 17.8. The number of hydrogen-bond donors (Lipinski definition) is 0. The fourth-order valence-electron chi connectivity index (χ4n) is 9.81. The first-order valence-electron chi connectivity index (χ1n) is 20.8. The van der Waals surface area contributed by atoms with Crippen LogP contribution in [0.2, 0.25) is 0 Å². The third-order valence-corrected chi connectivity index (χ3v) is 12.6. The molecule has 0 fully saturated rings. The summed E-state index contributed by atoms with van der Waals surface area (Å²) in [6, 6.07) is 50.2.